The Morgan fingerprint density at radius 1 is 1.22 bits per heavy atom. The Hall–Kier alpha value is -1.74. The van der Waals surface area contributed by atoms with Crippen LogP contribution >= 0.6 is 11.6 Å². The van der Waals surface area contributed by atoms with Crippen LogP contribution in [0.2, 0.25) is 5.02 Å². The van der Waals surface area contributed by atoms with Crippen molar-refractivity contribution in [2.75, 3.05) is 12.3 Å². The van der Waals surface area contributed by atoms with Crippen LogP contribution in [0.15, 0.2) is 36.4 Å². The third kappa shape index (κ3) is 2.57. The lowest BCUT2D eigenvalue weighted by molar-refractivity contribution is 0.340. The van der Waals surface area contributed by atoms with Gasteiger partial charge in [0.05, 0.1) is 17.3 Å². The van der Waals surface area contributed by atoms with Gasteiger partial charge < -0.3 is 10.5 Å². The number of rotatable bonds is 3. The van der Waals surface area contributed by atoms with Crippen LogP contribution in [-0.4, -0.2) is 6.61 Å². The van der Waals surface area contributed by atoms with E-state index in [-0.39, 0.29) is 10.7 Å². The summed E-state index contributed by atoms with van der Waals surface area (Å²) in [5, 5.41) is 0.215. The number of nitrogen functional groups attached to an aromatic ring is 1. The Balaban J connectivity index is 2.45. The Morgan fingerprint density at radius 2 is 2.00 bits per heavy atom. The third-order valence-electron chi connectivity index (χ3n) is 2.56. The van der Waals surface area contributed by atoms with Crippen molar-refractivity contribution in [2.24, 2.45) is 0 Å². The van der Waals surface area contributed by atoms with Crippen LogP contribution in [0.25, 0.3) is 11.1 Å². The molecule has 0 radical (unpaired) electrons. The van der Waals surface area contributed by atoms with Crippen molar-refractivity contribution >= 4 is 17.3 Å². The van der Waals surface area contributed by atoms with Crippen LogP contribution < -0.4 is 10.5 Å². The number of halogens is 2. The summed E-state index contributed by atoms with van der Waals surface area (Å²) in [7, 11) is 0. The van der Waals surface area contributed by atoms with E-state index in [0.29, 0.717) is 12.2 Å². The minimum Gasteiger partial charge on any atom is -0.494 e. The third-order valence-corrected chi connectivity index (χ3v) is 2.87. The molecule has 2 nitrogen and oxygen atoms in total. The quantitative estimate of drug-likeness (QED) is 0.847. The monoisotopic (exact) mass is 265 g/mol. The van der Waals surface area contributed by atoms with Gasteiger partial charge in [0.25, 0.3) is 0 Å². The molecule has 2 aromatic rings. The number of nitrogens with two attached hydrogens (primary N) is 1. The maximum absolute atomic E-state index is 13.5. The highest BCUT2D eigenvalue weighted by Gasteiger charge is 2.08. The van der Waals surface area contributed by atoms with Crippen molar-refractivity contribution in [3.05, 3.63) is 47.2 Å². The maximum Gasteiger partial charge on any atom is 0.148 e. The minimum atomic E-state index is -0.515. The molecule has 0 unspecified atom stereocenters. The molecule has 0 heterocycles. The summed E-state index contributed by atoms with van der Waals surface area (Å²) < 4.78 is 18.9. The van der Waals surface area contributed by atoms with Gasteiger partial charge in [0.1, 0.15) is 11.6 Å². The van der Waals surface area contributed by atoms with Gasteiger partial charge in [0.15, 0.2) is 0 Å². The number of anilines is 1. The molecule has 2 rings (SSSR count). The molecule has 0 aromatic heterocycles. The first-order valence-electron chi connectivity index (χ1n) is 5.59. The summed E-state index contributed by atoms with van der Waals surface area (Å²) >= 11 is 5.87. The van der Waals surface area contributed by atoms with Gasteiger partial charge in [0, 0.05) is 0 Å². The zero-order chi connectivity index (χ0) is 13.1. The second kappa shape index (κ2) is 5.27. The van der Waals surface area contributed by atoms with Gasteiger partial charge in [-0.05, 0) is 42.3 Å². The largest absolute Gasteiger partial charge is 0.494 e. The van der Waals surface area contributed by atoms with Crippen molar-refractivity contribution in [3.8, 4) is 16.9 Å². The predicted molar refractivity (Wildman–Crippen MR) is 72.4 cm³/mol. The Bertz CT molecular complexity index is 548. The summed E-state index contributed by atoms with van der Waals surface area (Å²) in [6, 6.07) is 10.4. The van der Waals surface area contributed by atoms with Crippen LogP contribution in [0.1, 0.15) is 6.92 Å². The fourth-order valence-corrected chi connectivity index (χ4v) is 1.89. The van der Waals surface area contributed by atoms with E-state index in [1.54, 1.807) is 6.07 Å². The first-order valence-corrected chi connectivity index (χ1v) is 5.97. The lowest BCUT2D eigenvalue weighted by atomic mass is 10.0. The summed E-state index contributed by atoms with van der Waals surface area (Å²) in [5.41, 5.74) is 6.96. The van der Waals surface area contributed by atoms with E-state index in [4.69, 9.17) is 22.1 Å². The summed E-state index contributed by atoms with van der Waals surface area (Å²) in [4.78, 5) is 0. The molecule has 2 N–H and O–H groups in total. The molecule has 94 valence electrons. The Labute approximate surface area is 110 Å². The van der Waals surface area contributed by atoms with E-state index in [1.807, 2.05) is 31.2 Å². The average molecular weight is 266 g/mol. The molecular weight excluding hydrogens is 253 g/mol. The molecule has 0 fully saturated rings. The van der Waals surface area contributed by atoms with E-state index in [2.05, 4.69) is 0 Å². The van der Waals surface area contributed by atoms with E-state index >= 15 is 0 Å². The molecule has 0 saturated carbocycles. The molecule has 0 aliphatic heterocycles. The molecule has 0 aliphatic carbocycles. The molecule has 2 aromatic carbocycles. The van der Waals surface area contributed by atoms with Crippen LogP contribution in [-0.2, 0) is 0 Å². The van der Waals surface area contributed by atoms with Gasteiger partial charge >= 0.3 is 0 Å². The second-order valence-electron chi connectivity index (χ2n) is 3.81. The van der Waals surface area contributed by atoms with Gasteiger partial charge in [-0.1, -0.05) is 23.7 Å². The normalized spacial score (nSPS) is 10.4. The van der Waals surface area contributed by atoms with E-state index in [9.17, 15) is 4.39 Å². The number of hydrogen-bond donors (Lipinski definition) is 1. The van der Waals surface area contributed by atoms with Crippen LogP contribution in [0.3, 0.4) is 0 Å². The molecule has 0 atom stereocenters. The summed E-state index contributed by atoms with van der Waals surface area (Å²) in [6.07, 6.45) is 0. The smallest absolute Gasteiger partial charge is 0.148 e. The molecule has 0 saturated heterocycles. The number of benzene rings is 2. The van der Waals surface area contributed by atoms with E-state index in [1.165, 1.54) is 6.07 Å². The average Bonchev–Trinajstić information content (AvgIpc) is 2.36. The van der Waals surface area contributed by atoms with Gasteiger partial charge in [0.2, 0.25) is 0 Å². The standard InChI is InChI=1S/C14H13ClFNO/c1-2-18-11-5-3-4-9(6-11)10-7-12(15)14(17)13(16)8-10/h3-8H,2,17H2,1H3. The lowest BCUT2D eigenvalue weighted by Crippen LogP contribution is -1.94. The van der Waals surface area contributed by atoms with E-state index in [0.717, 1.165) is 11.3 Å². The Kier molecular flexibility index (Phi) is 3.72. The highest BCUT2D eigenvalue weighted by Crippen LogP contribution is 2.31. The van der Waals surface area contributed by atoms with Gasteiger partial charge in [-0.25, -0.2) is 4.39 Å². The SMILES string of the molecule is CCOc1cccc(-c2cc(F)c(N)c(Cl)c2)c1. The van der Waals surface area contributed by atoms with E-state index < -0.39 is 5.82 Å². The lowest BCUT2D eigenvalue weighted by Gasteiger charge is -2.08. The maximum atomic E-state index is 13.5. The van der Waals surface area contributed by atoms with Crippen LogP contribution in [0.5, 0.6) is 5.75 Å². The fraction of sp³-hybridized carbons (Fsp3) is 0.143. The predicted octanol–water partition coefficient (Wildman–Crippen LogP) is 4.13. The molecule has 0 bridgehead atoms. The van der Waals surface area contributed by atoms with Crippen molar-refractivity contribution < 1.29 is 9.13 Å². The first kappa shape index (κ1) is 12.7. The molecule has 0 spiro atoms. The summed E-state index contributed by atoms with van der Waals surface area (Å²) in [6.45, 7) is 2.49. The van der Waals surface area contributed by atoms with Gasteiger partial charge in [-0.15, -0.1) is 0 Å². The van der Waals surface area contributed by atoms with Crippen molar-refractivity contribution in [1.82, 2.24) is 0 Å². The van der Waals surface area contributed by atoms with Crippen LogP contribution in [0.4, 0.5) is 10.1 Å². The highest BCUT2D eigenvalue weighted by molar-refractivity contribution is 6.33. The van der Waals surface area contributed by atoms with Crippen molar-refractivity contribution in [2.45, 2.75) is 6.92 Å². The molecule has 4 heteroatoms. The van der Waals surface area contributed by atoms with Gasteiger partial charge in [-0.2, -0.15) is 0 Å². The van der Waals surface area contributed by atoms with Crippen molar-refractivity contribution in [1.29, 1.82) is 0 Å². The Morgan fingerprint density at radius 3 is 2.67 bits per heavy atom. The highest BCUT2D eigenvalue weighted by atomic mass is 35.5. The zero-order valence-electron chi connectivity index (χ0n) is 9.91. The second-order valence-corrected chi connectivity index (χ2v) is 4.22. The number of ether oxygens (including phenoxy) is 1. The molecular formula is C14H13ClFNO. The first-order chi connectivity index (χ1) is 8.61. The number of hydrogen-bond acceptors (Lipinski definition) is 2. The summed E-state index contributed by atoms with van der Waals surface area (Å²) in [5.74, 6) is 0.225. The molecule has 0 amide bonds. The fourth-order valence-electron chi connectivity index (χ4n) is 1.68. The topological polar surface area (TPSA) is 35.2 Å². The van der Waals surface area contributed by atoms with Crippen LogP contribution in [0, 0.1) is 5.82 Å². The van der Waals surface area contributed by atoms with Gasteiger partial charge in [-0.3, -0.25) is 0 Å². The minimum absolute atomic E-state index is 0.0265. The zero-order valence-corrected chi connectivity index (χ0v) is 10.7. The van der Waals surface area contributed by atoms with Crippen molar-refractivity contribution in [3.63, 3.8) is 0 Å². The molecule has 18 heavy (non-hydrogen) atoms. The molecule has 0 aliphatic rings.